The molecule has 34 heavy (non-hydrogen) atoms. The zero-order valence-corrected chi connectivity index (χ0v) is 20.5. The maximum absolute atomic E-state index is 12.7. The second kappa shape index (κ2) is 15.9. The Hall–Kier alpha value is -2.83. The van der Waals surface area contributed by atoms with Crippen molar-refractivity contribution in [2.24, 2.45) is 5.92 Å². The van der Waals surface area contributed by atoms with Gasteiger partial charge >= 0.3 is 5.97 Å². The zero-order chi connectivity index (χ0) is 24.6. The van der Waals surface area contributed by atoms with Gasteiger partial charge in [-0.15, -0.1) is 0 Å². The molecule has 0 radical (unpaired) electrons. The van der Waals surface area contributed by atoms with Gasteiger partial charge in [-0.05, 0) is 37.5 Å². The molecule has 0 saturated heterocycles. The van der Waals surface area contributed by atoms with E-state index in [4.69, 9.17) is 0 Å². The first-order chi connectivity index (χ1) is 16.5. The maximum Gasteiger partial charge on any atom is 0.304 e. The van der Waals surface area contributed by atoms with Crippen molar-refractivity contribution in [3.63, 3.8) is 0 Å². The number of hydrogen-bond donors (Lipinski definition) is 4. The van der Waals surface area contributed by atoms with Crippen LogP contribution >= 0.6 is 0 Å². The Morgan fingerprint density at radius 3 is 2.24 bits per heavy atom. The van der Waals surface area contributed by atoms with Gasteiger partial charge in [0.25, 0.3) is 5.56 Å². The lowest BCUT2D eigenvalue weighted by Gasteiger charge is -2.13. The summed E-state index contributed by atoms with van der Waals surface area (Å²) < 4.78 is 0. The Morgan fingerprint density at radius 1 is 0.941 bits per heavy atom. The molecule has 1 aromatic heterocycles. The largest absolute Gasteiger partial charge is 0.481 e. The second-order valence-corrected chi connectivity index (χ2v) is 9.15. The van der Waals surface area contributed by atoms with E-state index in [0.29, 0.717) is 23.0 Å². The number of rotatable bonds is 18. The molecule has 188 valence electrons. The highest BCUT2D eigenvalue weighted by molar-refractivity contribution is 5.96. The molecular weight excluding hydrogens is 430 g/mol. The number of nitrogens with one attached hydrogen (secondary N) is 3. The third kappa shape index (κ3) is 10.4. The number of aliphatic carboxylic acids is 1. The third-order valence-corrected chi connectivity index (χ3v) is 6.20. The van der Waals surface area contributed by atoms with E-state index >= 15 is 0 Å². The number of carbonyl (C=O) groups is 2. The number of allylic oxidation sites excluding steroid dienone is 2. The van der Waals surface area contributed by atoms with Gasteiger partial charge in [0.15, 0.2) is 0 Å². The molecule has 0 spiro atoms. The normalized spacial score (nSPS) is 12.4. The number of anilines is 1. The van der Waals surface area contributed by atoms with Crippen LogP contribution in [-0.4, -0.2) is 27.2 Å². The topological polar surface area (TPSA) is 115 Å². The standard InChI is InChI=1S/C27H41N3O4/c1-2-3-4-5-6-7-8-9-10-11-12-13-14-15-16-21(19-25(31)32)26(33)28-22-17-18-23-24(20-22)29-30-27(23)34/h14-15,17-18,20-21H,2-13,16,19H2,1H3,(H,28,33)(H,31,32)(H2,29,30,34)/b15-14+. The highest BCUT2D eigenvalue weighted by Gasteiger charge is 2.21. The van der Waals surface area contributed by atoms with Crippen molar-refractivity contribution < 1.29 is 14.7 Å². The predicted molar refractivity (Wildman–Crippen MR) is 138 cm³/mol. The van der Waals surface area contributed by atoms with Crippen LogP contribution in [0.2, 0.25) is 0 Å². The lowest BCUT2D eigenvalue weighted by Crippen LogP contribution is -2.24. The zero-order valence-electron chi connectivity index (χ0n) is 20.5. The van der Waals surface area contributed by atoms with Crippen LogP contribution < -0.4 is 10.9 Å². The number of H-pyrrole nitrogens is 2. The SMILES string of the molecule is CCCCCCCCCCCCC/C=C/CC(CC(=O)O)C(=O)Nc1ccc2c(=O)[nH][nH]c2c1. The lowest BCUT2D eigenvalue weighted by molar-refractivity contribution is -0.140. The minimum atomic E-state index is -0.996. The Kier molecular flexibility index (Phi) is 12.8. The fraction of sp³-hybridized carbons (Fsp3) is 0.593. The first-order valence-corrected chi connectivity index (χ1v) is 12.9. The van der Waals surface area contributed by atoms with Crippen molar-refractivity contribution in [3.8, 4) is 0 Å². The molecule has 1 heterocycles. The highest BCUT2D eigenvalue weighted by atomic mass is 16.4. The summed E-state index contributed by atoms with van der Waals surface area (Å²) in [5.41, 5.74) is 0.886. The molecule has 1 unspecified atom stereocenters. The van der Waals surface area contributed by atoms with Crippen molar-refractivity contribution in [1.82, 2.24) is 10.2 Å². The van der Waals surface area contributed by atoms with E-state index in [1.807, 2.05) is 6.08 Å². The van der Waals surface area contributed by atoms with Crippen LogP contribution in [0.15, 0.2) is 35.1 Å². The van der Waals surface area contributed by atoms with E-state index in [0.717, 1.165) is 12.8 Å². The van der Waals surface area contributed by atoms with Crippen LogP contribution in [0.5, 0.6) is 0 Å². The van der Waals surface area contributed by atoms with Crippen LogP contribution in [0.4, 0.5) is 5.69 Å². The predicted octanol–water partition coefficient (Wildman–Crippen LogP) is 6.53. The summed E-state index contributed by atoms with van der Waals surface area (Å²) in [6.07, 6.45) is 19.5. The van der Waals surface area contributed by atoms with Gasteiger partial charge < -0.3 is 10.4 Å². The molecule has 1 atom stereocenters. The number of unbranched alkanes of at least 4 members (excludes halogenated alkanes) is 11. The molecule has 7 heteroatoms. The molecule has 1 aromatic carbocycles. The van der Waals surface area contributed by atoms with Crippen molar-refractivity contribution in [2.45, 2.75) is 96.8 Å². The first-order valence-electron chi connectivity index (χ1n) is 12.9. The number of aromatic nitrogens is 2. The fourth-order valence-corrected chi connectivity index (χ4v) is 4.16. The van der Waals surface area contributed by atoms with Crippen LogP contribution in [-0.2, 0) is 9.59 Å². The molecule has 2 rings (SSSR count). The summed E-state index contributed by atoms with van der Waals surface area (Å²) in [7, 11) is 0. The summed E-state index contributed by atoms with van der Waals surface area (Å²) in [5.74, 6) is -1.98. The van der Waals surface area contributed by atoms with Crippen molar-refractivity contribution in [2.75, 3.05) is 5.32 Å². The number of benzene rings is 1. The van der Waals surface area contributed by atoms with Crippen molar-refractivity contribution >= 4 is 28.5 Å². The fourth-order valence-electron chi connectivity index (χ4n) is 4.16. The lowest BCUT2D eigenvalue weighted by atomic mass is 9.99. The Labute approximate surface area is 202 Å². The smallest absolute Gasteiger partial charge is 0.304 e. The number of amides is 1. The highest BCUT2D eigenvalue weighted by Crippen LogP contribution is 2.18. The van der Waals surface area contributed by atoms with Gasteiger partial charge in [-0.1, -0.05) is 83.3 Å². The molecule has 0 aliphatic heterocycles. The number of carbonyl (C=O) groups excluding carboxylic acids is 1. The molecule has 0 aliphatic carbocycles. The van der Waals surface area contributed by atoms with Gasteiger partial charge in [0.05, 0.1) is 23.2 Å². The van der Waals surface area contributed by atoms with Crippen LogP contribution in [0.1, 0.15) is 96.8 Å². The molecule has 4 N–H and O–H groups in total. The number of hydrogen-bond acceptors (Lipinski definition) is 3. The van der Waals surface area contributed by atoms with Crippen LogP contribution in [0.3, 0.4) is 0 Å². The van der Waals surface area contributed by atoms with E-state index in [9.17, 15) is 19.5 Å². The third-order valence-electron chi connectivity index (χ3n) is 6.20. The molecule has 1 amide bonds. The van der Waals surface area contributed by atoms with E-state index in [1.165, 1.54) is 64.2 Å². The second-order valence-electron chi connectivity index (χ2n) is 9.15. The van der Waals surface area contributed by atoms with Gasteiger partial charge in [-0.2, -0.15) is 0 Å². The molecule has 2 aromatic rings. The summed E-state index contributed by atoms with van der Waals surface area (Å²) in [5, 5.41) is 17.7. The van der Waals surface area contributed by atoms with Crippen molar-refractivity contribution in [3.05, 3.63) is 40.7 Å². The first kappa shape index (κ1) is 27.4. The Morgan fingerprint density at radius 2 is 1.59 bits per heavy atom. The molecule has 7 nitrogen and oxygen atoms in total. The number of fused-ring (bicyclic) bond motifs is 1. The van der Waals surface area contributed by atoms with Gasteiger partial charge in [0, 0.05) is 5.69 Å². The molecule has 0 aliphatic rings. The number of carboxylic acid groups (broad SMARTS) is 1. The van der Waals surface area contributed by atoms with Gasteiger partial charge in [0.2, 0.25) is 5.91 Å². The monoisotopic (exact) mass is 471 g/mol. The van der Waals surface area contributed by atoms with E-state index in [-0.39, 0.29) is 17.9 Å². The Bertz CT molecular complexity index is 960. The summed E-state index contributed by atoms with van der Waals surface area (Å²) >= 11 is 0. The summed E-state index contributed by atoms with van der Waals surface area (Å²) in [4.78, 5) is 35.5. The average Bonchev–Trinajstić information content (AvgIpc) is 3.18. The van der Waals surface area contributed by atoms with Gasteiger partial charge in [-0.25, -0.2) is 0 Å². The van der Waals surface area contributed by atoms with Gasteiger partial charge in [0.1, 0.15) is 0 Å². The van der Waals surface area contributed by atoms with E-state index < -0.39 is 11.9 Å². The minimum Gasteiger partial charge on any atom is -0.481 e. The minimum absolute atomic E-state index is 0.223. The van der Waals surface area contributed by atoms with Crippen LogP contribution in [0.25, 0.3) is 10.9 Å². The van der Waals surface area contributed by atoms with E-state index in [2.05, 4.69) is 28.5 Å². The van der Waals surface area contributed by atoms with E-state index in [1.54, 1.807) is 18.2 Å². The average molecular weight is 472 g/mol. The van der Waals surface area contributed by atoms with Crippen molar-refractivity contribution in [1.29, 1.82) is 0 Å². The summed E-state index contributed by atoms with van der Waals surface area (Å²) in [6.45, 7) is 2.25. The molecule has 0 bridgehead atoms. The van der Waals surface area contributed by atoms with Crippen LogP contribution in [0, 0.1) is 5.92 Å². The molecular formula is C27H41N3O4. The summed E-state index contributed by atoms with van der Waals surface area (Å²) in [6, 6.07) is 4.93. The molecule has 0 saturated carbocycles. The maximum atomic E-state index is 12.7. The van der Waals surface area contributed by atoms with Gasteiger partial charge in [-0.3, -0.25) is 24.6 Å². The number of aromatic amines is 2. The number of carboxylic acids is 1. The Balaban J connectivity index is 1.65. The molecule has 0 fully saturated rings. The quantitative estimate of drug-likeness (QED) is 0.146.